The topological polar surface area (TPSA) is 102 Å². The quantitative estimate of drug-likeness (QED) is 0.591. The Balaban J connectivity index is 1.77. The Morgan fingerprint density at radius 2 is 1.72 bits per heavy atom. The van der Waals surface area contributed by atoms with Gasteiger partial charge in [-0.05, 0) is 49.4 Å². The number of aromatic nitrogens is 2. The summed E-state index contributed by atoms with van der Waals surface area (Å²) in [6.45, 7) is 1.50. The zero-order chi connectivity index (χ0) is 20.8. The van der Waals surface area contributed by atoms with Crippen molar-refractivity contribution in [2.24, 2.45) is 0 Å². The minimum atomic E-state index is -0.422. The number of nitrogens with one attached hydrogen (secondary N) is 2. The Kier molecular flexibility index (Phi) is 6.03. The van der Waals surface area contributed by atoms with E-state index in [-0.39, 0.29) is 17.4 Å². The number of ether oxygens (including phenoxy) is 2. The number of rotatable bonds is 7. The van der Waals surface area contributed by atoms with Crippen LogP contribution in [0.4, 0.5) is 17.3 Å². The minimum Gasteiger partial charge on any atom is -0.497 e. The second kappa shape index (κ2) is 8.83. The molecule has 29 heavy (non-hydrogen) atoms. The first-order valence-electron chi connectivity index (χ1n) is 8.74. The molecule has 3 rings (SSSR count). The molecule has 8 heteroatoms. The first-order chi connectivity index (χ1) is 14.0. The predicted octanol–water partition coefficient (Wildman–Crippen LogP) is 3.69. The van der Waals surface area contributed by atoms with Gasteiger partial charge in [0.1, 0.15) is 17.2 Å². The molecule has 0 radical (unpaired) electrons. The highest BCUT2D eigenvalue weighted by atomic mass is 16.5. The zero-order valence-electron chi connectivity index (χ0n) is 16.2. The normalized spacial score (nSPS) is 10.2. The van der Waals surface area contributed by atoms with E-state index in [9.17, 15) is 9.59 Å². The Morgan fingerprint density at radius 1 is 0.966 bits per heavy atom. The summed E-state index contributed by atoms with van der Waals surface area (Å²) in [5, 5.41) is 5.78. The smallest absolute Gasteiger partial charge is 0.274 e. The van der Waals surface area contributed by atoms with E-state index in [0.717, 1.165) is 0 Å². The highest BCUT2D eigenvalue weighted by Gasteiger charge is 2.13. The lowest BCUT2D eigenvalue weighted by atomic mass is 10.1. The molecule has 1 aromatic heterocycles. The molecular weight excluding hydrogens is 372 g/mol. The maximum absolute atomic E-state index is 12.6. The highest BCUT2D eigenvalue weighted by molar-refractivity contribution is 6.04. The van der Waals surface area contributed by atoms with Gasteiger partial charge >= 0.3 is 0 Å². The minimum absolute atomic E-state index is 0.0144. The number of hydrogen-bond acceptors (Lipinski definition) is 7. The van der Waals surface area contributed by atoms with E-state index in [4.69, 9.17) is 9.47 Å². The SMILES string of the molecule is COc1ccc(OC)c(NC(=O)c2ccnc(Nc3ccc(C(C)=O)cc3)n2)c1. The van der Waals surface area contributed by atoms with Crippen LogP contribution < -0.4 is 20.1 Å². The average molecular weight is 392 g/mol. The van der Waals surface area contributed by atoms with Gasteiger partial charge < -0.3 is 20.1 Å². The van der Waals surface area contributed by atoms with Crippen LogP contribution in [-0.2, 0) is 0 Å². The van der Waals surface area contributed by atoms with E-state index >= 15 is 0 Å². The second-order valence-electron chi connectivity index (χ2n) is 6.04. The van der Waals surface area contributed by atoms with Gasteiger partial charge in [-0.1, -0.05) is 0 Å². The molecule has 0 atom stereocenters. The number of ketones is 1. The molecule has 2 aromatic carbocycles. The number of amides is 1. The van der Waals surface area contributed by atoms with Crippen LogP contribution in [0.3, 0.4) is 0 Å². The van der Waals surface area contributed by atoms with Crippen molar-refractivity contribution in [1.82, 2.24) is 9.97 Å². The first-order valence-corrected chi connectivity index (χ1v) is 8.74. The molecule has 1 amide bonds. The monoisotopic (exact) mass is 392 g/mol. The summed E-state index contributed by atoms with van der Waals surface area (Å²) in [6.07, 6.45) is 1.48. The fraction of sp³-hybridized carbons (Fsp3) is 0.143. The highest BCUT2D eigenvalue weighted by Crippen LogP contribution is 2.29. The number of benzene rings is 2. The van der Waals surface area contributed by atoms with Gasteiger partial charge in [0, 0.05) is 23.5 Å². The molecule has 0 bridgehead atoms. The van der Waals surface area contributed by atoms with Crippen molar-refractivity contribution in [3.63, 3.8) is 0 Å². The van der Waals surface area contributed by atoms with Crippen LogP contribution in [0.1, 0.15) is 27.8 Å². The van der Waals surface area contributed by atoms with Crippen molar-refractivity contribution in [3.05, 3.63) is 66.0 Å². The largest absolute Gasteiger partial charge is 0.497 e. The summed E-state index contributed by atoms with van der Waals surface area (Å²) in [5.41, 5.74) is 1.94. The van der Waals surface area contributed by atoms with Crippen LogP contribution in [0.25, 0.3) is 0 Å². The van der Waals surface area contributed by atoms with Crippen molar-refractivity contribution in [2.45, 2.75) is 6.92 Å². The molecule has 0 unspecified atom stereocenters. The van der Waals surface area contributed by atoms with Gasteiger partial charge in [0.05, 0.1) is 19.9 Å². The van der Waals surface area contributed by atoms with E-state index in [0.29, 0.717) is 28.4 Å². The third-order valence-electron chi connectivity index (χ3n) is 4.09. The van der Waals surface area contributed by atoms with Gasteiger partial charge in [0.15, 0.2) is 5.78 Å². The summed E-state index contributed by atoms with van der Waals surface area (Å²) in [6, 6.07) is 13.5. The number of nitrogens with zero attached hydrogens (tertiary/aromatic N) is 2. The van der Waals surface area contributed by atoms with E-state index in [2.05, 4.69) is 20.6 Å². The number of hydrogen-bond donors (Lipinski definition) is 2. The molecule has 2 N–H and O–H groups in total. The van der Waals surface area contributed by atoms with Gasteiger partial charge in [0.2, 0.25) is 5.95 Å². The van der Waals surface area contributed by atoms with Gasteiger partial charge in [-0.2, -0.15) is 0 Å². The molecule has 8 nitrogen and oxygen atoms in total. The molecule has 0 fully saturated rings. The van der Waals surface area contributed by atoms with E-state index in [1.54, 1.807) is 49.6 Å². The Bertz CT molecular complexity index is 1040. The van der Waals surface area contributed by atoms with Crippen LogP contribution in [0.2, 0.25) is 0 Å². The van der Waals surface area contributed by atoms with Crippen LogP contribution in [0.15, 0.2) is 54.7 Å². The van der Waals surface area contributed by atoms with Crippen LogP contribution >= 0.6 is 0 Å². The number of carbonyl (C=O) groups is 2. The van der Waals surface area contributed by atoms with Gasteiger partial charge in [-0.25, -0.2) is 9.97 Å². The molecule has 0 spiro atoms. The Hall–Kier alpha value is -3.94. The number of anilines is 3. The molecule has 0 saturated heterocycles. The summed E-state index contributed by atoms with van der Waals surface area (Å²) >= 11 is 0. The lowest BCUT2D eigenvalue weighted by Crippen LogP contribution is -2.15. The van der Waals surface area contributed by atoms with Crippen molar-refractivity contribution in [3.8, 4) is 11.5 Å². The number of carbonyl (C=O) groups excluding carboxylic acids is 2. The molecule has 0 aliphatic rings. The van der Waals surface area contributed by atoms with Crippen LogP contribution in [0, 0.1) is 0 Å². The first kappa shape index (κ1) is 19.8. The molecule has 0 aliphatic carbocycles. The average Bonchev–Trinajstić information content (AvgIpc) is 2.74. The lowest BCUT2D eigenvalue weighted by molar-refractivity contribution is 0.101. The predicted molar refractivity (Wildman–Crippen MR) is 109 cm³/mol. The van der Waals surface area contributed by atoms with Gasteiger partial charge in [-0.15, -0.1) is 0 Å². The number of Topliss-reactive ketones (excluding diaryl/α,β-unsaturated/α-hetero) is 1. The third kappa shape index (κ3) is 4.86. The summed E-state index contributed by atoms with van der Waals surface area (Å²) in [4.78, 5) is 32.4. The Labute approximate surface area is 167 Å². The van der Waals surface area contributed by atoms with Crippen LogP contribution in [0.5, 0.6) is 11.5 Å². The fourth-order valence-corrected chi connectivity index (χ4v) is 2.56. The Morgan fingerprint density at radius 3 is 2.38 bits per heavy atom. The van der Waals surface area contributed by atoms with Crippen molar-refractivity contribution in [2.75, 3.05) is 24.9 Å². The standard InChI is InChI=1S/C21H20N4O4/c1-13(26)14-4-6-15(7-5-14)23-21-22-11-10-17(25-21)20(27)24-18-12-16(28-2)8-9-19(18)29-3/h4-12H,1-3H3,(H,24,27)(H,22,23,25). The maximum Gasteiger partial charge on any atom is 0.274 e. The van der Waals surface area contributed by atoms with Crippen molar-refractivity contribution < 1.29 is 19.1 Å². The van der Waals surface area contributed by atoms with Gasteiger partial charge in [0.25, 0.3) is 5.91 Å². The fourth-order valence-electron chi connectivity index (χ4n) is 2.56. The molecule has 3 aromatic rings. The zero-order valence-corrected chi connectivity index (χ0v) is 16.2. The molecule has 148 valence electrons. The van der Waals surface area contributed by atoms with E-state index < -0.39 is 5.91 Å². The van der Waals surface area contributed by atoms with E-state index in [1.807, 2.05) is 0 Å². The van der Waals surface area contributed by atoms with Crippen LogP contribution in [-0.4, -0.2) is 35.9 Å². The molecule has 1 heterocycles. The maximum atomic E-state index is 12.6. The van der Waals surface area contributed by atoms with Crippen molar-refractivity contribution >= 4 is 29.0 Å². The van der Waals surface area contributed by atoms with Gasteiger partial charge in [-0.3, -0.25) is 9.59 Å². The lowest BCUT2D eigenvalue weighted by Gasteiger charge is -2.12. The van der Waals surface area contributed by atoms with E-state index in [1.165, 1.54) is 26.3 Å². The summed E-state index contributed by atoms with van der Waals surface area (Å²) in [7, 11) is 3.06. The third-order valence-corrected chi connectivity index (χ3v) is 4.09. The van der Waals surface area contributed by atoms with Crippen molar-refractivity contribution in [1.29, 1.82) is 0 Å². The second-order valence-corrected chi connectivity index (χ2v) is 6.04. The summed E-state index contributed by atoms with van der Waals surface area (Å²) < 4.78 is 10.5. The summed E-state index contributed by atoms with van der Waals surface area (Å²) in [5.74, 6) is 0.900. The number of methoxy groups -OCH3 is 2. The molecule has 0 saturated carbocycles. The molecule has 0 aliphatic heterocycles. The molecular formula is C21H20N4O4.